The van der Waals surface area contributed by atoms with Crippen molar-refractivity contribution in [1.82, 2.24) is 9.36 Å². The van der Waals surface area contributed by atoms with Crippen LogP contribution in [0.4, 0.5) is 5.13 Å². The van der Waals surface area contributed by atoms with Crippen LogP contribution >= 0.6 is 23.1 Å². The fourth-order valence-corrected chi connectivity index (χ4v) is 2.27. The van der Waals surface area contributed by atoms with Gasteiger partial charge in [-0.3, -0.25) is 0 Å². The van der Waals surface area contributed by atoms with Gasteiger partial charge in [0.2, 0.25) is 5.13 Å². The summed E-state index contributed by atoms with van der Waals surface area (Å²) in [6.45, 7) is 3.99. The number of anilines is 1. The van der Waals surface area contributed by atoms with E-state index in [-0.39, 0.29) is 0 Å². The summed E-state index contributed by atoms with van der Waals surface area (Å²) >= 11 is 7.20. The standard InChI is InChI=1S/C13H16ClN3OS/c1-2-12-16-13(19-17-12)15-7-8-18-9-10-3-5-11(14)6-4-10/h3-6H,2,7-9H2,1H3,(H,15,16,17). The molecule has 0 bridgehead atoms. The Balaban J connectivity index is 1.63. The molecule has 1 aromatic carbocycles. The molecule has 0 radical (unpaired) electrons. The molecule has 102 valence electrons. The molecule has 2 rings (SSSR count). The zero-order valence-corrected chi connectivity index (χ0v) is 12.3. The summed E-state index contributed by atoms with van der Waals surface area (Å²) in [5.41, 5.74) is 1.12. The molecule has 0 spiro atoms. The third-order valence-corrected chi connectivity index (χ3v) is 3.45. The molecule has 6 heteroatoms. The van der Waals surface area contributed by atoms with Crippen molar-refractivity contribution in [1.29, 1.82) is 0 Å². The fraction of sp³-hybridized carbons (Fsp3) is 0.385. The number of ether oxygens (including phenoxy) is 1. The lowest BCUT2D eigenvalue weighted by Crippen LogP contribution is -2.09. The quantitative estimate of drug-likeness (QED) is 0.796. The average Bonchev–Trinajstić information content (AvgIpc) is 2.88. The largest absolute Gasteiger partial charge is 0.375 e. The van der Waals surface area contributed by atoms with Gasteiger partial charge in [0.25, 0.3) is 0 Å². The molecule has 0 aliphatic rings. The van der Waals surface area contributed by atoms with Crippen LogP contribution in [0.15, 0.2) is 24.3 Å². The highest BCUT2D eigenvalue weighted by atomic mass is 35.5. The molecule has 0 unspecified atom stereocenters. The van der Waals surface area contributed by atoms with Gasteiger partial charge in [0.15, 0.2) is 0 Å². The number of nitrogens with zero attached hydrogens (tertiary/aromatic N) is 2. The van der Waals surface area contributed by atoms with Gasteiger partial charge in [0.1, 0.15) is 5.82 Å². The van der Waals surface area contributed by atoms with Crippen LogP contribution in [0.25, 0.3) is 0 Å². The molecule has 2 aromatic rings. The first-order valence-electron chi connectivity index (χ1n) is 6.16. The van der Waals surface area contributed by atoms with Crippen molar-refractivity contribution in [3.8, 4) is 0 Å². The van der Waals surface area contributed by atoms with Crippen molar-refractivity contribution in [2.45, 2.75) is 20.0 Å². The lowest BCUT2D eigenvalue weighted by atomic mass is 10.2. The first-order chi connectivity index (χ1) is 9.28. The van der Waals surface area contributed by atoms with Crippen LogP contribution in [0.3, 0.4) is 0 Å². The second-order valence-corrected chi connectivity index (χ2v) is 5.16. The van der Waals surface area contributed by atoms with E-state index in [1.807, 2.05) is 31.2 Å². The van der Waals surface area contributed by atoms with Crippen molar-refractivity contribution in [3.63, 3.8) is 0 Å². The molecule has 0 saturated carbocycles. The van der Waals surface area contributed by atoms with Crippen LogP contribution in [0.1, 0.15) is 18.3 Å². The van der Waals surface area contributed by atoms with Crippen LogP contribution < -0.4 is 5.32 Å². The van der Waals surface area contributed by atoms with E-state index in [2.05, 4.69) is 14.7 Å². The second kappa shape index (κ2) is 7.43. The fourth-order valence-electron chi connectivity index (χ4n) is 1.47. The highest BCUT2D eigenvalue weighted by Crippen LogP contribution is 2.11. The molecule has 0 aliphatic heterocycles. The molecule has 0 fully saturated rings. The third kappa shape index (κ3) is 4.78. The maximum Gasteiger partial charge on any atom is 0.202 e. The Kier molecular flexibility index (Phi) is 5.57. The summed E-state index contributed by atoms with van der Waals surface area (Å²) in [6, 6.07) is 7.67. The number of aromatic nitrogens is 2. The van der Waals surface area contributed by atoms with Crippen LogP contribution in [0.2, 0.25) is 5.02 Å². The Morgan fingerprint density at radius 3 is 2.79 bits per heavy atom. The molecule has 0 atom stereocenters. The Bertz CT molecular complexity index is 501. The maximum atomic E-state index is 5.81. The summed E-state index contributed by atoms with van der Waals surface area (Å²) in [5, 5.41) is 4.79. The molecule has 4 nitrogen and oxygen atoms in total. The number of hydrogen-bond acceptors (Lipinski definition) is 5. The van der Waals surface area contributed by atoms with E-state index in [1.54, 1.807) is 0 Å². The molecule has 0 saturated heterocycles. The number of rotatable bonds is 7. The summed E-state index contributed by atoms with van der Waals surface area (Å²) in [6.07, 6.45) is 0.866. The van der Waals surface area contributed by atoms with Gasteiger partial charge < -0.3 is 10.1 Å². The summed E-state index contributed by atoms with van der Waals surface area (Å²) < 4.78 is 9.77. The predicted octanol–water partition coefficient (Wildman–Crippen LogP) is 3.38. The molecular weight excluding hydrogens is 282 g/mol. The Morgan fingerprint density at radius 1 is 1.32 bits per heavy atom. The van der Waals surface area contributed by atoms with Crippen LogP contribution in [-0.4, -0.2) is 22.5 Å². The summed E-state index contributed by atoms with van der Waals surface area (Å²) in [7, 11) is 0. The zero-order valence-electron chi connectivity index (χ0n) is 10.7. The maximum absolute atomic E-state index is 5.81. The Morgan fingerprint density at radius 2 is 2.11 bits per heavy atom. The second-order valence-electron chi connectivity index (χ2n) is 3.98. The number of nitrogens with one attached hydrogen (secondary N) is 1. The van der Waals surface area contributed by atoms with Crippen LogP contribution in [0, 0.1) is 0 Å². The average molecular weight is 298 g/mol. The highest BCUT2D eigenvalue weighted by molar-refractivity contribution is 7.09. The smallest absolute Gasteiger partial charge is 0.202 e. The van der Waals surface area contributed by atoms with Gasteiger partial charge in [0.05, 0.1) is 13.2 Å². The van der Waals surface area contributed by atoms with Crippen molar-refractivity contribution in [2.24, 2.45) is 0 Å². The highest BCUT2D eigenvalue weighted by Gasteiger charge is 2.00. The lowest BCUT2D eigenvalue weighted by molar-refractivity contribution is 0.130. The van der Waals surface area contributed by atoms with Crippen molar-refractivity contribution < 1.29 is 4.74 Å². The van der Waals surface area contributed by atoms with E-state index >= 15 is 0 Å². The Labute approximate surface area is 122 Å². The number of hydrogen-bond donors (Lipinski definition) is 1. The SMILES string of the molecule is CCc1nsc(NCCOCc2ccc(Cl)cc2)n1. The van der Waals surface area contributed by atoms with Crippen LogP contribution in [-0.2, 0) is 17.8 Å². The predicted molar refractivity (Wildman–Crippen MR) is 78.9 cm³/mol. The van der Waals surface area contributed by atoms with E-state index in [0.717, 1.165) is 34.5 Å². The van der Waals surface area contributed by atoms with Gasteiger partial charge in [-0.25, -0.2) is 4.98 Å². The van der Waals surface area contributed by atoms with Crippen LogP contribution in [0.5, 0.6) is 0 Å². The van der Waals surface area contributed by atoms with Gasteiger partial charge >= 0.3 is 0 Å². The van der Waals surface area contributed by atoms with Gasteiger partial charge in [-0.05, 0) is 17.7 Å². The molecule has 1 aromatic heterocycles. The molecule has 0 aliphatic carbocycles. The van der Waals surface area contributed by atoms with Crippen molar-refractivity contribution >= 4 is 28.3 Å². The number of aryl methyl sites for hydroxylation is 1. The van der Waals surface area contributed by atoms with Gasteiger partial charge in [0, 0.05) is 29.5 Å². The van der Waals surface area contributed by atoms with Gasteiger partial charge in [-0.1, -0.05) is 30.7 Å². The normalized spacial score (nSPS) is 10.6. The number of halogens is 1. The van der Waals surface area contributed by atoms with E-state index in [0.29, 0.717) is 13.2 Å². The molecule has 1 heterocycles. The molecule has 0 amide bonds. The van der Waals surface area contributed by atoms with E-state index in [4.69, 9.17) is 16.3 Å². The Hall–Kier alpha value is -1.17. The van der Waals surface area contributed by atoms with Crippen molar-refractivity contribution in [3.05, 3.63) is 40.7 Å². The van der Waals surface area contributed by atoms with E-state index in [9.17, 15) is 0 Å². The molecule has 1 N–H and O–H groups in total. The summed E-state index contributed by atoms with van der Waals surface area (Å²) in [4.78, 5) is 4.32. The molecule has 19 heavy (non-hydrogen) atoms. The third-order valence-electron chi connectivity index (χ3n) is 2.49. The topological polar surface area (TPSA) is 47.0 Å². The summed E-state index contributed by atoms with van der Waals surface area (Å²) in [5.74, 6) is 0.884. The minimum Gasteiger partial charge on any atom is -0.375 e. The first-order valence-corrected chi connectivity index (χ1v) is 7.31. The first kappa shape index (κ1) is 14.2. The van der Waals surface area contributed by atoms with Gasteiger partial charge in [-0.15, -0.1) is 0 Å². The lowest BCUT2D eigenvalue weighted by Gasteiger charge is -2.05. The monoisotopic (exact) mass is 297 g/mol. The number of benzene rings is 1. The van der Waals surface area contributed by atoms with Gasteiger partial charge in [-0.2, -0.15) is 4.37 Å². The minimum absolute atomic E-state index is 0.592. The van der Waals surface area contributed by atoms with Crippen molar-refractivity contribution in [2.75, 3.05) is 18.5 Å². The van der Waals surface area contributed by atoms with E-state index in [1.165, 1.54) is 11.5 Å². The molecular formula is C13H16ClN3OS. The minimum atomic E-state index is 0.592. The van der Waals surface area contributed by atoms with E-state index < -0.39 is 0 Å². The zero-order chi connectivity index (χ0) is 13.5.